The molecular weight excluding hydrogens is 450 g/mol. The first kappa shape index (κ1) is 21.9. The highest BCUT2D eigenvalue weighted by molar-refractivity contribution is 7.93. The number of hydrogen-bond acceptors (Lipinski definition) is 5. The van der Waals surface area contributed by atoms with E-state index in [4.69, 9.17) is 4.74 Å². The van der Waals surface area contributed by atoms with Gasteiger partial charge in [-0.25, -0.2) is 8.42 Å². The number of carbonyl (C=O) groups is 1. The molecule has 0 bridgehead atoms. The monoisotopic (exact) mass is 473 g/mol. The quantitative estimate of drug-likeness (QED) is 0.423. The first-order valence-electron chi connectivity index (χ1n) is 10.9. The summed E-state index contributed by atoms with van der Waals surface area (Å²) in [6, 6.07) is 21.1. The van der Waals surface area contributed by atoms with Crippen LogP contribution < -0.4 is 13.9 Å². The van der Waals surface area contributed by atoms with Crippen molar-refractivity contribution in [3.8, 4) is 5.75 Å². The lowest BCUT2D eigenvalue weighted by Gasteiger charge is -2.27. The van der Waals surface area contributed by atoms with Crippen molar-refractivity contribution in [2.75, 3.05) is 29.4 Å². The highest BCUT2D eigenvalue weighted by Gasteiger charge is 2.32. The number of amides is 1. The molecule has 8 heteroatoms. The Balaban J connectivity index is 1.58. The summed E-state index contributed by atoms with van der Waals surface area (Å²) in [6.07, 6.45) is 3.93. The molecule has 1 aromatic heterocycles. The summed E-state index contributed by atoms with van der Waals surface area (Å²) < 4.78 is 34.4. The molecule has 4 aromatic rings. The Morgan fingerprint density at radius 1 is 1.03 bits per heavy atom. The fourth-order valence-corrected chi connectivity index (χ4v) is 5.94. The SMILES string of the molecule is COc1ccc(N(CC(=O)N2CCc3ccccc32)S(=O)(=O)c2cccc3cnccc23)cc1. The Bertz CT molecular complexity index is 1460. The maximum Gasteiger partial charge on any atom is 0.265 e. The molecule has 0 unspecified atom stereocenters. The number of sulfonamides is 1. The number of anilines is 2. The third kappa shape index (κ3) is 3.86. The van der Waals surface area contributed by atoms with E-state index in [-0.39, 0.29) is 17.3 Å². The Kier molecular flexibility index (Phi) is 5.67. The zero-order valence-corrected chi connectivity index (χ0v) is 19.4. The Morgan fingerprint density at radius 3 is 2.62 bits per heavy atom. The van der Waals surface area contributed by atoms with Crippen molar-refractivity contribution in [1.82, 2.24) is 4.98 Å². The predicted molar refractivity (Wildman–Crippen MR) is 132 cm³/mol. The van der Waals surface area contributed by atoms with Crippen LogP contribution in [0.25, 0.3) is 10.8 Å². The minimum absolute atomic E-state index is 0.123. The van der Waals surface area contributed by atoms with Crippen LogP contribution in [0.15, 0.2) is 90.1 Å². The number of carbonyl (C=O) groups excluding carboxylic acids is 1. The van der Waals surface area contributed by atoms with Gasteiger partial charge in [0.2, 0.25) is 5.91 Å². The van der Waals surface area contributed by atoms with Gasteiger partial charge in [-0.3, -0.25) is 14.1 Å². The van der Waals surface area contributed by atoms with Crippen LogP contribution in [0, 0.1) is 0 Å². The average molecular weight is 474 g/mol. The van der Waals surface area contributed by atoms with E-state index in [1.54, 1.807) is 66.9 Å². The second-order valence-corrected chi connectivity index (χ2v) is 9.82. The second kappa shape index (κ2) is 8.79. The van der Waals surface area contributed by atoms with E-state index in [1.165, 1.54) is 4.31 Å². The van der Waals surface area contributed by atoms with Crippen LogP contribution in [0.5, 0.6) is 5.75 Å². The molecule has 0 N–H and O–H groups in total. The van der Waals surface area contributed by atoms with Crippen LogP contribution in [-0.4, -0.2) is 39.5 Å². The summed E-state index contributed by atoms with van der Waals surface area (Å²) in [6.45, 7) is 0.194. The molecule has 0 fully saturated rings. The normalized spacial score (nSPS) is 13.0. The number of nitrogens with zero attached hydrogens (tertiary/aromatic N) is 3. The third-order valence-electron chi connectivity index (χ3n) is 6.04. The maximum absolute atomic E-state index is 14.0. The fourth-order valence-electron chi connectivity index (χ4n) is 4.31. The number of fused-ring (bicyclic) bond motifs is 2. The van der Waals surface area contributed by atoms with Gasteiger partial charge < -0.3 is 9.64 Å². The number of ether oxygens (including phenoxy) is 1. The molecule has 0 radical (unpaired) electrons. The first-order valence-corrected chi connectivity index (χ1v) is 12.3. The van der Waals surface area contributed by atoms with Crippen molar-refractivity contribution in [1.29, 1.82) is 0 Å². The minimum atomic E-state index is -4.09. The molecule has 3 aromatic carbocycles. The summed E-state index contributed by atoms with van der Waals surface area (Å²) in [7, 11) is -2.54. The maximum atomic E-state index is 14.0. The van der Waals surface area contributed by atoms with Gasteiger partial charge in [0.05, 0.1) is 17.7 Å². The van der Waals surface area contributed by atoms with Gasteiger partial charge in [0.15, 0.2) is 0 Å². The lowest BCUT2D eigenvalue weighted by atomic mass is 10.2. The van der Waals surface area contributed by atoms with E-state index in [0.717, 1.165) is 17.7 Å². The van der Waals surface area contributed by atoms with Crippen LogP contribution in [-0.2, 0) is 21.2 Å². The summed E-state index contributed by atoms with van der Waals surface area (Å²) >= 11 is 0. The molecule has 0 spiro atoms. The van der Waals surface area contributed by atoms with Gasteiger partial charge in [0.25, 0.3) is 10.0 Å². The van der Waals surface area contributed by atoms with E-state index in [9.17, 15) is 13.2 Å². The molecule has 5 rings (SSSR count). The number of para-hydroxylation sites is 1. The van der Waals surface area contributed by atoms with Crippen molar-refractivity contribution < 1.29 is 17.9 Å². The summed E-state index contributed by atoms with van der Waals surface area (Å²) in [5.74, 6) is 0.309. The highest BCUT2D eigenvalue weighted by Crippen LogP contribution is 2.32. The van der Waals surface area contributed by atoms with E-state index >= 15 is 0 Å². The van der Waals surface area contributed by atoms with Crippen LogP contribution >= 0.6 is 0 Å². The lowest BCUT2D eigenvalue weighted by Crippen LogP contribution is -2.42. The van der Waals surface area contributed by atoms with E-state index in [1.807, 2.05) is 30.3 Å². The zero-order valence-electron chi connectivity index (χ0n) is 18.6. The second-order valence-electron chi connectivity index (χ2n) is 7.99. The lowest BCUT2D eigenvalue weighted by molar-refractivity contribution is -0.117. The largest absolute Gasteiger partial charge is 0.497 e. The molecule has 1 aliphatic heterocycles. The van der Waals surface area contributed by atoms with Gasteiger partial charge in [-0.2, -0.15) is 0 Å². The molecule has 1 aliphatic rings. The minimum Gasteiger partial charge on any atom is -0.497 e. The van der Waals surface area contributed by atoms with Crippen molar-refractivity contribution in [2.45, 2.75) is 11.3 Å². The van der Waals surface area contributed by atoms with Crippen LogP contribution in [0.2, 0.25) is 0 Å². The summed E-state index contributed by atoms with van der Waals surface area (Å²) in [5, 5.41) is 1.26. The van der Waals surface area contributed by atoms with Gasteiger partial charge >= 0.3 is 0 Å². The van der Waals surface area contributed by atoms with E-state index in [2.05, 4.69) is 4.98 Å². The Morgan fingerprint density at radius 2 is 1.82 bits per heavy atom. The van der Waals surface area contributed by atoms with E-state index < -0.39 is 10.0 Å². The van der Waals surface area contributed by atoms with Crippen molar-refractivity contribution in [3.05, 3.63) is 90.8 Å². The molecule has 172 valence electrons. The zero-order chi connectivity index (χ0) is 23.7. The molecule has 0 aliphatic carbocycles. The molecule has 0 saturated carbocycles. The summed E-state index contributed by atoms with van der Waals surface area (Å²) in [4.78, 5) is 19.3. The first-order chi connectivity index (χ1) is 16.5. The molecule has 34 heavy (non-hydrogen) atoms. The molecule has 0 atom stereocenters. The predicted octanol–water partition coefficient (Wildman–Crippen LogP) is 4.03. The molecule has 1 amide bonds. The van der Waals surface area contributed by atoms with Gasteiger partial charge in [-0.05, 0) is 54.4 Å². The number of aromatic nitrogens is 1. The van der Waals surface area contributed by atoms with Crippen molar-refractivity contribution in [2.24, 2.45) is 0 Å². The van der Waals surface area contributed by atoms with Crippen LogP contribution in [0.3, 0.4) is 0 Å². The topological polar surface area (TPSA) is 79.8 Å². The third-order valence-corrected chi connectivity index (χ3v) is 7.87. The van der Waals surface area contributed by atoms with Gasteiger partial charge in [0.1, 0.15) is 12.3 Å². The Hall–Kier alpha value is -3.91. The smallest absolute Gasteiger partial charge is 0.265 e. The van der Waals surface area contributed by atoms with Gasteiger partial charge in [-0.1, -0.05) is 30.3 Å². The highest BCUT2D eigenvalue weighted by atomic mass is 32.2. The van der Waals surface area contributed by atoms with Crippen molar-refractivity contribution in [3.63, 3.8) is 0 Å². The Labute approximate surface area is 198 Å². The number of benzene rings is 3. The number of pyridine rings is 1. The number of hydrogen-bond donors (Lipinski definition) is 0. The number of methoxy groups -OCH3 is 1. The number of rotatable bonds is 6. The van der Waals surface area contributed by atoms with Crippen LogP contribution in [0.1, 0.15) is 5.56 Å². The fraction of sp³-hybridized carbons (Fsp3) is 0.154. The summed E-state index contributed by atoms with van der Waals surface area (Å²) in [5.41, 5.74) is 2.29. The standard InChI is InChI=1S/C26H23N3O4S/c1-33-22-11-9-21(10-12-22)29(18-26(30)28-16-14-19-5-2-3-7-24(19)28)34(31,32)25-8-4-6-20-17-27-15-13-23(20)25/h2-13,15,17H,14,16,18H2,1H3. The van der Waals surface area contributed by atoms with Crippen molar-refractivity contribution >= 4 is 38.1 Å². The average Bonchev–Trinajstić information content (AvgIpc) is 3.31. The van der Waals surface area contributed by atoms with Crippen LogP contribution in [0.4, 0.5) is 11.4 Å². The van der Waals surface area contributed by atoms with Gasteiger partial charge in [0, 0.05) is 35.4 Å². The molecule has 0 saturated heterocycles. The molecular formula is C26H23N3O4S. The van der Waals surface area contributed by atoms with E-state index in [0.29, 0.717) is 28.8 Å². The molecule has 7 nitrogen and oxygen atoms in total. The van der Waals surface area contributed by atoms with Gasteiger partial charge in [-0.15, -0.1) is 0 Å². The molecule has 2 heterocycles.